The molecule has 1 aromatic heterocycles. The molecule has 4 nitrogen and oxygen atoms in total. The van der Waals surface area contributed by atoms with E-state index >= 15 is 0 Å². The molecule has 0 spiro atoms. The van der Waals surface area contributed by atoms with Gasteiger partial charge in [0.05, 0.1) is 18.7 Å². The second-order valence-electron chi connectivity index (χ2n) is 5.00. The van der Waals surface area contributed by atoms with Crippen molar-refractivity contribution >= 4 is 36.4 Å². The number of halogens is 3. The Balaban J connectivity index is 0.00000264. The third kappa shape index (κ3) is 6.91. The highest BCUT2D eigenvalue weighted by Gasteiger charge is 2.08. The van der Waals surface area contributed by atoms with Crippen molar-refractivity contribution in [3.63, 3.8) is 0 Å². The molecule has 2 aromatic rings. The lowest BCUT2D eigenvalue weighted by atomic mass is 10.2. The van der Waals surface area contributed by atoms with Crippen molar-refractivity contribution < 1.29 is 9.15 Å². The van der Waals surface area contributed by atoms with E-state index in [2.05, 4.69) is 17.6 Å². The van der Waals surface area contributed by atoms with Gasteiger partial charge >= 0.3 is 0 Å². The maximum absolute atomic E-state index is 6.15. The molecular weight excluding hydrogens is 371 g/mol. The number of furan rings is 1. The minimum absolute atomic E-state index is 0. The highest BCUT2D eigenvalue weighted by atomic mass is 35.5. The van der Waals surface area contributed by atoms with Gasteiger partial charge in [0.15, 0.2) is 0 Å². The molecule has 0 aliphatic carbocycles. The minimum atomic E-state index is 0. The quantitative estimate of drug-likeness (QED) is 0.612. The summed E-state index contributed by atoms with van der Waals surface area (Å²) in [6.45, 7) is 5.87. The molecule has 0 fully saturated rings. The van der Waals surface area contributed by atoms with E-state index in [0.29, 0.717) is 10.8 Å². The van der Waals surface area contributed by atoms with Crippen LogP contribution in [0.4, 0.5) is 0 Å². The van der Waals surface area contributed by atoms with E-state index in [4.69, 9.17) is 20.8 Å². The highest BCUT2D eigenvalue weighted by molar-refractivity contribution is 6.32. The van der Waals surface area contributed by atoms with Gasteiger partial charge in [-0.1, -0.05) is 18.5 Å². The lowest BCUT2D eigenvalue weighted by molar-refractivity contribution is 0.415. The van der Waals surface area contributed by atoms with E-state index in [1.807, 2.05) is 30.3 Å². The number of hydrogen-bond acceptors (Lipinski definition) is 4. The summed E-state index contributed by atoms with van der Waals surface area (Å²) in [5, 5.41) is 7.26. The summed E-state index contributed by atoms with van der Waals surface area (Å²) < 4.78 is 11.0. The van der Waals surface area contributed by atoms with Crippen LogP contribution in [0.15, 0.2) is 34.7 Å². The molecule has 24 heavy (non-hydrogen) atoms. The predicted molar refractivity (Wildman–Crippen MR) is 105 cm³/mol. The predicted octanol–water partition coefficient (Wildman–Crippen LogP) is 4.54. The molecule has 0 aliphatic heterocycles. The van der Waals surface area contributed by atoms with E-state index in [-0.39, 0.29) is 24.8 Å². The smallest absolute Gasteiger partial charge is 0.137 e. The second-order valence-corrected chi connectivity index (χ2v) is 5.41. The average molecular weight is 396 g/mol. The van der Waals surface area contributed by atoms with Gasteiger partial charge in [-0.3, -0.25) is 0 Å². The van der Waals surface area contributed by atoms with Crippen LogP contribution in [0.5, 0.6) is 5.75 Å². The van der Waals surface area contributed by atoms with Gasteiger partial charge in [-0.15, -0.1) is 24.8 Å². The maximum Gasteiger partial charge on any atom is 0.137 e. The standard InChI is InChI=1S/C17H23ClN2O2.2ClH/c1-3-19-9-4-10-20-12-14-6-8-16(22-14)13-5-7-17(21-2)15(18)11-13;;/h5-8,11,19-20H,3-4,9-10,12H2,1-2H3;2*1H. The normalized spacial score (nSPS) is 9.96. The zero-order valence-corrected chi connectivity index (χ0v) is 16.3. The Labute approximate surface area is 161 Å². The SMILES string of the molecule is CCNCCCNCc1ccc(-c2ccc(OC)c(Cl)c2)o1.Cl.Cl. The molecule has 0 bridgehead atoms. The van der Waals surface area contributed by atoms with Crippen molar-refractivity contribution in [2.75, 3.05) is 26.7 Å². The Kier molecular flexibility index (Phi) is 12.0. The van der Waals surface area contributed by atoms with Gasteiger partial charge in [0.2, 0.25) is 0 Å². The van der Waals surface area contributed by atoms with E-state index < -0.39 is 0 Å². The molecule has 0 amide bonds. The Hall–Kier alpha value is -0.910. The fraction of sp³-hybridized carbons (Fsp3) is 0.412. The molecule has 0 saturated carbocycles. The van der Waals surface area contributed by atoms with Crippen LogP contribution in [0.1, 0.15) is 19.1 Å². The Morgan fingerprint density at radius 3 is 2.50 bits per heavy atom. The molecule has 0 aliphatic rings. The summed E-state index contributed by atoms with van der Waals surface area (Å²) >= 11 is 6.15. The van der Waals surface area contributed by atoms with Crippen LogP contribution in [0.2, 0.25) is 5.02 Å². The third-order valence-corrected chi connectivity index (χ3v) is 3.65. The van der Waals surface area contributed by atoms with Gasteiger partial charge in [0.25, 0.3) is 0 Å². The lowest BCUT2D eigenvalue weighted by Gasteiger charge is -2.05. The van der Waals surface area contributed by atoms with Crippen LogP contribution in [0.3, 0.4) is 0 Å². The number of methoxy groups -OCH3 is 1. The summed E-state index contributed by atoms with van der Waals surface area (Å²) in [7, 11) is 1.60. The Morgan fingerprint density at radius 1 is 1.08 bits per heavy atom. The van der Waals surface area contributed by atoms with E-state index in [0.717, 1.165) is 49.7 Å². The van der Waals surface area contributed by atoms with E-state index in [1.165, 1.54) is 0 Å². The number of hydrogen-bond donors (Lipinski definition) is 2. The number of ether oxygens (including phenoxy) is 1. The Bertz CT molecular complexity index is 591. The molecule has 0 atom stereocenters. The lowest BCUT2D eigenvalue weighted by Crippen LogP contribution is -2.21. The van der Waals surface area contributed by atoms with Crippen molar-refractivity contribution in [3.05, 3.63) is 41.1 Å². The summed E-state index contributed by atoms with van der Waals surface area (Å²) in [4.78, 5) is 0. The monoisotopic (exact) mass is 394 g/mol. The van der Waals surface area contributed by atoms with Crippen molar-refractivity contribution in [2.45, 2.75) is 19.9 Å². The van der Waals surface area contributed by atoms with Gasteiger partial charge in [-0.2, -0.15) is 0 Å². The molecule has 0 saturated heterocycles. The zero-order chi connectivity index (χ0) is 15.8. The molecule has 7 heteroatoms. The van der Waals surface area contributed by atoms with Crippen molar-refractivity contribution in [1.82, 2.24) is 10.6 Å². The van der Waals surface area contributed by atoms with Gasteiger partial charge in [0.1, 0.15) is 17.3 Å². The minimum Gasteiger partial charge on any atom is -0.495 e. The first kappa shape index (κ1) is 23.1. The van der Waals surface area contributed by atoms with Crippen LogP contribution in [0.25, 0.3) is 11.3 Å². The molecule has 136 valence electrons. The molecule has 2 N–H and O–H groups in total. The topological polar surface area (TPSA) is 46.4 Å². The molecule has 1 aromatic carbocycles. The first-order valence-electron chi connectivity index (χ1n) is 7.58. The van der Waals surface area contributed by atoms with Crippen LogP contribution in [0, 0.1) is 0 Å². The fourth-order valence-electron chi connectivity index (χ4n) is 2.17. The number of benzene rings is 1. The Morgan fingerprint density at radius 2 is 1.83 bits per heavy atom. The number of rotatable bonds is 9. The zero-order valence-electron chi connectivity index (χ0n) is 13.9. The molecule has 0 unspecified atom stereocenters. The van der Waals surface area contributed by atoms with Gasteiger partial charge < -0.3 is 19.8 Å². The summed E-state index contributed by atoms with van der Waals surface area (Å²) in [6.07, 6.45) is 1.11. The van der Waals surface area contributed by atoms with Crippen LogP contribution in [-0.2, 0) is 6.54 Å². The van der Waals surface area contributed by atoms with Gasteiger partial charge in [-0.25, -0.2) is 0 Å². The van der Waals surface area contributed by atoms with Crippen molar-refractivity contribution in [1.29, 1.82) is 0 Å². The summed E-state index contributed by atoms with van der Waals surface area (Å²) in [5.74, 6) is 2.40. The second kappa shape index (κ2) is 12.5. The molecular formula is C17H25Cl3N2O2. The third-order valence-electron chi connectivity index (χ3n) is 3.35. The van der Waals surface area contributed by atoms with E-state index in [9.17, 15) is 0 Å². The van der Waals surface area contributed by atoms with Crippen LogP contribution >= 0.6 is 36.4 Å². The summed E-state index contributed by atoms with van der Waals surface area (Å²) in [6, 6.07) is 9.60. The molecule has 2 rings (SSSR count). The number of nitrogens with one attached hydrogen (secondary N) is 2. The van der Waals surface area contributed by atoms with Crippen molar-refractivity contribution in [3.8, 4) is 17.1 Å². The van der Waals surface area contributed by atoms with Crippen LogP contribution < -0.4 is 15.4 Å². The average Bonchev–Trinajstić information content (AvgIpc) is 2.99. The largest absolute Gasteiger partial charge is 0.495 e. The highest BCUT2D eigenvalue weighted by Crippen LogP contribution is 2.30. The van der Waals surface area contributed by atoms with Gasteiger partial charge in [-0.05, 0) is 56.4 Å². The fourth-order valence-corrected chi connectivity index (χ4v) is 2.43. The first-order valence-corrected chi connectivity index (χ1v) is 7.96. The molecule has 1 heterocycles. The maximum atomic E-state index is 6.15. The first-order chi connectivity index (χ1) is 10.7. The van der Waals surface area contributed by atoms with Crippen LogP contribution in [-0.4, -0.2) is 26.7 Å². The van der Waals surface area contributed by atoms with Crippen molar-refractivity contribution in [2.24, 2.45) is 0 Å². The van der Waals surface area contributed by atoms with E-state index in [1.54, 1.807) is 7.11 Å². The molecule has 0 radical (unpaired) electrons. The van der Waals surface area contributed by atoms with Gasteiger partial charge in [0, 0.05) is 5.56 Å². The summed E-state index contributed by atoms with van der Waals surface area (Å²) in [5.41, 5.74) is 0.948.